The maximum Gasteiger partial charge on any atom is 0.501 e. The number of benzene rings is 1. The van der Waals surface area contributed by atoms with Gasteiger partial charge in [0.15, 0.2) is 0 Å². The lowest BCUT2D eigenvalue weighted by atomic mass is 9.97. The van der Waals surface area contributed by atoms with Crippen LogP contribution in [-0.4, -0.2) is 41.3 Å². The van der Waals surface area contributed by atoms with Gasteiger partial charge in [-0.2, -0.15) is 26.3 Å². The zero-order valence-corrected chi connectivity index (χ0v) is 15.0. The van der Waals surface area contributed by atoms with Crippen LogP contribution in [0.1, 0.15) is 12.2 Å². The molecule has 0 spiro atoms. The Labute approximate surface area is 155 Å². The second-order valence-electron chi connectivity index (χ2n) is 5.84. The Hall–Kier alpha value is -2.28. The number of sulfone groups is 1. The summed E-state index contributed by atoms with van der Waals surface area (Å²) in [6.07, 6.45) is -3.93. The molecule has 0 aliphatic heterocycles. The molecular formula is C15H15F6N3O3S. The maximum absolute atomic E-state index is 13.4. The number of nitrogens with zero attached hydrogens (tertiary/aromatic N) is 2. The molecule has 2 rings (SSSR count). The molecule has 0 amide bonds. The molecule has 0 saturated carbocycles. The molecule has 1 aromatic heterocycles. The van der Waals surface area contributed by atoms with Gasteiger partial charge >= 0.3 is 11.7 Å². The standard InChI is InChI=1S/C15H15F6N3O3S/c1-24-9-8-23-12(24)13(25,14(16,17)18)6-7-22-10-4-2-3-5-11(10)28(26,27)15(19,20)21/h2-5,8-9,22,25H,6-7H2,1H3. The van der Waals surface area contributed by atoms with Crippen LogP contribution in [-0.2, 0) is 22.5 Å². The number of halogens is 6. The maximum atomic E-state index is 13.4. The molecule has 0 fully saturated rings. The van der Waals surface area contributed by atoms with Crippen LogP contribution in [0.5, 0.6) is 0 Å². The van der Waals surface area contributed by atoms with Crippen molar-refractivity contribution in [2.75, 3.05) is 11.9 Å². The van der Waals surface area contributed by atoms with Gasteiger partial charge in [0.25, 0.3) is 9.84 Å². The first-order valence-corrected chi connectivity index (χ1v) is 9.11. The van der Waals surface area contributed by atoms with Gasteiger partial charge in [-0.3, -0.25) is 0 Å². The van der Waals surface area contributed by atoms with E-state index in [0.717, 1.165) is 22.9 Å². The van der Waals surface area contributed by atoms with Gasteiger partial charge in [0.05, 0.1) is 10.6 Å². The lowest BCUT2D eigenvalue weighted by Gasteiger charge is -2.30. The third-order valence-electron chi connectivity index (χ3n) is 3.94. The van der Waals surface area contributed by atoms with Crippen molar-refractivity contribution in [3.8, 4) is 0 Å². The zero-order chi connectivity index (χ0) is 21.4. The smallest absolute Gasteiger partial charge is 0.384 e. The van der Waals surface area contributed by atoms with E-state index in [1.54, 1.807) is 0 Å². The molecule has 1 heterocycles. The summed E-state index contributed by atoms with van der Waals surface area (Å²) in [5.74, 6) is -0.710. The number of aryl methyl sites for hydroxylation is 1. The Morgan fingerprint density at radius 3 is 2.25 bits per heavy atom. The van der Waals surface area contributed by atoms with Crippen molar-refractivity contribution in [3.63, 3.8) is 0 Å². The average molecular weight is 431 g/mol. The number of imidazole rings is 1. The molecule has 0 bridgehead atoms. The Morgan fingerprint density at radius 1 is 1.14 bits per heavy atom. The lowest BCUT2D eigenvalue weighted by molar-refractivity contribution is -0.271. The van der Waals surface area contributed by atoms with Gasteiger partial charge in [-0.15, -0.1) is 0 Å². The predicted octanol–water partition coefficient (Wildman–Crippen LogP) is 2.97. The molecule has 13 heteroatoms. The summed E-state index contributed by atoms with van der Waals surface area (Å²) < 4.78 is 103. The monoisotopic (exact) mass is 431 g/mol. The molecular weight excluding hydrogens is 416 g/mol. The van der Waals surface area contributed by atoms with Crippen LogP contribution in [0.2, 0.25) is 0 Å². The number of aliphatic hydroxyl groups is 1. The van der Waals surface area contributed by atoms with E-state index < -0.39 is 56.5 Å². The van der Waals surface area contributed by atoms with Crippen molar-refractivity contribution in [2.45, 2.75) is 28.6 Å². The van der Waals surface area contributed by atoms with Gasteiger partial charge in [0, 0.05) is 32.4 Å². The van der Waals surface area contributed by atoms with E-state index in [9.17, 15) is 39.9 Å². The molecule has 2 aromatic rings. The van der Waals surface area contributed by atoms with E-state index in [4.69, 9.17) is 0 Å². The van der Waals surface area contributed by atoms with Crippen LogP contribution in [0, 0.1) is 0 Å². The summed E-state index contributed by atoms with van der Waals surface area (Å²) in [6, 6.07) is 3.92. The number of hydrogen-bond acceptors (Lipinski definition) is 5. The third-order valence-corrected chi connectivity index (χ3v) is 5.49. The minimum Gasteiger partial charge on any atom is -0.384 e. The average Bonchev–Trinajstić information content (AvgIpc) is 2.99. The summed E-state index contributed by atoms with van der Waals surface area (Å²) in [5, 5.41) is 12.4. The molecule has 2 N–H and O–H groups in total. The highest BCUT2D eigenvalue weighted by Crippen LogP contribution is 2.41. The summed E-state index contributed by atoms with van der Waals surface area (Å²) >= 11 is 0. The number of hydrogen-bond donors (Lipinski definition) is 2. The lowest BCUT2D eigenvalue weighted by Crippen LogP contribution is -2.45. The van der Waals surface area contributed by atoms with Crippen molar-refractivity contribution in [1.82, 2.24) is 9.55 Å². The minimum atomic E-state index is -5.71. The number of alkyl halides is 6. The van der Waals surface area contributed by atoms with E-state index in [0.29, 0.717) is 6.07 Å². The molecule has 28 heavy (non-hydrogen) atoms. The normalized spacial score (nSPS) is 15.3. The first kappa shape index (κ1) is 22.0. The fraction of sp³-hybridized carbons (Fsp3) is 0.400. The van der Waals surface area contributed by atoms with Crippen LogP contribution < -0.4 is 5.32 Å². The van der Waals surface area contributed by atoms with Crippen LogP contribution in [0.15, 0.2) is 41.6 Å². The van der Waals surface area contributed by atoms with Gasteiger partial charge < -0.3 is 15.0 Å². The molecule has 0 aliphatic carbocycles. The van der Waals surface area contributed by atoms with Crippen LogP contribution in [0.25, 0.3) is 0 Å². The van der Waals surface area contributed by atoms with Gasteiger partial charge in [-0.1, -0.05) is 12.1 Å². The summed E-state index contributed by atoms with van der Waals surface area (Å²) in [4.78, 5) is 2.36. The number of nitrogens with one attached hydrogen (secondary N) is 1. The molecule has 1 aromatic carbocycles. The topological polar surface area (TPSA) is 84.2 Å². The van der Waals surface area contributed by atoms with Crippen molar-refractivity contribution in [3.05, 3.63) is 42.5 Å². The molecule has 1 atom stereocenters. The zero-order valence-electron chi connectivity index (χ0n) is 14.2. The summed E-state index contributed by atoms with van der Waals surface area (Å²) in [5.41, 5.74) is -9.51. The second kappa shape index (κ2) is 7.28. The molecule has 0 aliphatic rings. The summed E-state index contributed by atoms with van der Waals surface area (Å²) in [6.45, 7) is -0.687. The number of para-hydroxylation sites is 1. The first-order chi connectivity index (χ1) is 12.7. The van der Waals surface area contributed by atoms with Crippen LogP contribution in [0.4, 0.5) is 32.0 Å². The quantitative estimate of drug-likeness (QED) is 0.688. The Balaban J connectivity index is 2.29. The molecule has 156 valence electrons. The van der Waals surface area contributed by atoms with Gasteiger partial charge in [-0.05, 0) is 12.1 Å². The highest BCUT2D eigenvalue weighted by Gasteiger charge is 2.57. The number of aromatic nitrogens is 2. The molecule has 1 unspecified atom stereocenters. The highest BCUT2D eigenvalue weighted by molar-refractivity contribution is 7.92. The van der Waals surface area contributed by atoms with Crippen molar-refractivity contribution in [1.29, 1.82) is 0 Å². The fourth-order valence-electron chi connectivity index (χ4n) is 2.49. The largest absolute Gasteiger partial charge is 0.501 e. The molecule has 0 saturated heterocycles. The Bertz CT molecular complexity index is 939. The van der Waals surface area contributed by atoms with Crippen LogP contribution in [0.3, 0.4) is 0 Å². The van der Waals surface area contributed by atoms with Crippen molar-refractivity contribution < 1.29 is 39.9 Å². The van der Waals surface area contributed by atoms with E-state index >= 15 is 0 Å². The Morgan fingerprint density at radius 2 is 1.75 bits per heavy atom. The minimum absolute atomic E-state index is 0.538. The van der Waals surface area contributed by atoms with Crippen molar-refractivity contribution >= 4 is 15.5 Å². The molecule has 0 radical (unpaired) electrons. The fourth-order valence-corrected chi connectivity index (χ4v) is 3.43. The van der Waals surface area contributed by atoms with E-state index in [2.05, 4.69) is 10.3 Å². The van der Waals surface area contributed by atoms with E-state index in [-0.39, 0.29) is 0 Å². The van der Waals surface area contributed by atoms with E-state index in [1.165, 1.54) is 19.3 Å². The van der Waals surface area contributed by atoms with Gasteiger partial charge in [0.1, 0.15) is 5.82 Å². The van der Waals surface area contributed by atoms with Gasteiger partial charge in [0.2, 0.25) is 5.60 Å². The van der Waals surface area contributed by atoms with Crippen LogP contribution >= 0.6 is 0 Å². The highest BCUT2D eigenvalue weighted by atomic mass is 32.2. The molecule has 6 nitrogen and oxygen atoms in total. The Kier molecular flexibility index (Phi) is 5.72. The van der Waals surface area contributed by atoms with Crippen molar-refractivity contribution in [2.24, 2.45) is 7.05 Å². The van der Waals surface area contributed by atoms with Gasteiger partial charge in [-0.25, -0.2) is 13.4 Å². The third kappa shape index (κ3) is 3.94. The van der Waals surface area contributed by atoms with E-state index in [1.807, 2.05) is 0 Å². The first-order valence-electron chi connectivity index (χ1n) is 7.63. The number of anilines is 1. The number of rotatable bonds is 6. The SMILES string of the molecule is Cn1ccnc1C(O)(CCNc1ccccc1S(=O)(=O)C(F)(F)F)C(F)(F)F. The predicted molar refractivity (Wildman–Crippen MR) is 85.9 cm³/mol. The summed E-state index contributed by atoms with van der Waals surface area (Å²) in [7, 11) is -4.48. The second-order valence-corrected chi connectivity index (χ2v) is 7.75.